The molecule has 0 bridgehead atoms. The lowest BCUT2D eigenvalue weighted by Crippen LogP contribution is -2.26. The topological polar surface area (TPSA) is 61.3 Å². The fourth-order valence-corrected chi connectivity index (χ4v) is 4.73. The van der Waals surface area contributed by atoms with Crippen LogP contribution in [0.15, 0.2) is 63.5 Å². The van der Waals surface area contributed by atoms with Crippen molar-refractivity contribution >= 4 is 38.9 Å². The summed E-state index contributed by atoms with van der Waals surface area (Å²) in [5.41, 5.74) is 4.32. The number of halogens is 1. The molecular formula is C23H19ClN4O2S. The van der Waals surface area contributed by atoms with Crippen LogP contribution in [0.3, 0.4) is 0 Å². The summed E-state index contributed by atoms with van der Waals surface area (Å²) in [6, 6.07) is 15.3. The fourth-order valence-electron chi connectivity index (χ4n) is 3.78. The molecule has 8 heteroatoms. The van der Waals surface area contributed by atoms with E-state index < -0.39 is 0 Å². The van der Waals surface area contributed by atoms with Gasteiger partial charge in [-0.15, -0.1) is 16.4 Å². The Morgan fingerprint density at radius 2 is 1.77 bits per heavy atom. The van der Waals surface area contributed by atoms with Gasteiger partial charge in [-0.05, 0) is 54.1 Å². The van der Waals surface area contributed by atoms with Crippen molar-refractivity contribution in [2.24, 2.45) is 0 Å². The molecule has 5 rings (SSSR count). The number of aromatic nitrogens is 4. The van der Waals surface area contributed by atoms with E-state index in [0.717, 1.165) is 22.3 Å². The fraction of sp³-hybridized carbons (Fsp3) is 0.174. The van der Waals surface area contributed by atoms with Crippen LogP contribution in [0.5, 0.6) is 0 Å². The minimum Gasteiger partial charge on any atom is -0.271 e. The third-order valence-electron chi connectivity index (χ3n) is 5.47. The first-order valence-corrected chi connectivity index (χ1v) is 11.1. The number of aryl methyl sites for hydroxylation is 2. The monoisotopic (exact) mass is 450 g/mol. The van der Waals surface area contributed by atoms with Gasteiger partial charge < -0.3 is 0 Å². The van der Waals surface area contributed by atoms with Gasteiger partial charge in [0, 0.05) is 5.02 Å². The molecule has 0 atom stereocenters. The summed E-state index contributed by atoms with van der Waals surface area (Å²) in [6.07, 6.45) is 0. The summed E-state index contributed by atoms with van der Waals surface area (Å²) in [7, 11) is 0. The highest BCUT2D eigenvalue weighted by atomic mass is 35.5. The van der Waals surface area contributed by atoms with Crippen LogP contribution in [0.25, 0.3) is 16.0 Å². The van der Waals surface area contributed by atoms with Gasteiger partial charge in [0.05, 0.1) is 18.6 Å². The summed E-state index contributed by atoms with van der Waals surface area (Å²) >= 11 is 7.33. The molecule has 6 nitrogen and oxygen atoms in total. The lowest BCUT2D eigenvalue weighted by Gasteiger charge is -2.08. The second-order valence-corrected chi connectivity index (χ2v) is 9.01. The Balaban J connectivity index is 1.73. The Labute approximate surface area is 186 Å². The van der Waals surface area contributed by atoms with E-state index in [9.17, 15) is 9.59 Å². The van der Waals surface area contributed by atoms with Gasteiger partial charge in [-0.3, -0.25) is 9.36 Å². The predicted molar refractivity (Wildman–Crippen MR) is 125 cm³/mol. The van der Waals surface area contributed by atoms with Crippen LogP contribution >= 0.6 is 22.9 Å². The Bertz CT molecular complexity index is 1560. The molecule has 0 N–H and O–H groups in total. The second kappa shape index (κ2) is 7.51. The third-order valence-corrected chi connectivity index (χ3v) is 6.61. The number of hydrogen-bond donors (Lipinski definition) is 0. The number of rotatable bonds is 4. The Morgan fingerprint density at radius 3 is 2.55 bits per heavy atom. The average Bonchev–Trinajstić information content (AvgIpc) is 3.35. The zero-order valence-corrected chi connectivity index (χ0v) is 18.6. The standard InChI is InChI=1S/C23H19ClN4O2S/c1-14-3-4-15(2)17(11-14)13-27-23(30)28-19-9-10-31-20(19)21(29)26(22(28)25-27)12-16-5-7-18(24)8-6-16/h3-11H,12-13H2,1-2H3. The van der Waals surface area contributed by atoms with Gasteiger partial charge in [0.15, 0.2) is 0 Å². The number of fused-ring (bicyclic) bond motifs is 3. The minimum atomic E-state index is -0.260. The second-order valence-electron chi connectivity index (χ2n) is 7.66. The molecule has 0 unspecified atom stereocenters. The van der Waals surface area contributed by atoms with Gasteiger partial charge in [-0.25, -0.2) is 13.9 Å². The first kappa shape index (κ1) is 19.8. The van der Waals surface area contributed by atoms with E-state index in [0.29, 0.717) is 34.1 Å². The predicted octanol–water partition coefficient (Wildman–Crippen LogP) is 4.24. The van der Waals surface area contributed by atoms with Gasteiger partial charge in [0.2, 0.25) is 5.78 Å². The highest BCUT2D eigenvalue weighted by Gasteiger charge is 2.19. The molecule has 31 heavy (non-hydrogen) atoms. The van der Waals surface area contributed by atoms with Gasteiger partial charge >= 0.3 is 5.69 Å². The van der Waals surface area contributed by atoms with Crippen LogP contribution in [-0.4, -0.2) is 18.7 Å². The van der Waals surface area contributed by atoms with E-state index >= 15 is 0 Å². The van der Waals surface area contributed by atoms with E-state index in [2.05, 4.69) is 11.2 Å². The van der Waals surface area contributed by atoms with E-state index in [1.165, 1.54) is 20.4 Å². The molecule has 0 saturated heterocycles. The number of hydrogen-bond acceptors (Lipinski definition) is 4. The zero-order chi connectivity index (χ0) is 21.7. The van der Waals surface area contributed by atoms with Crippen LogP contribution < -0.4 is 11.2 Å². The highest BCUT2D eigenvalue weighted by Crippen LogP contribution is 2.19. The maximum Gasteiger partial charge on any atom is 0.352 e. The van der Waals surface area contributed by atoms with Crippen molar-refractivity contribution in [3.63, 3.8) is 0 Å². The van der Waals surface area contributed by atoms with Gasteiger partial charge in [-0.1, -0.05) is 47.5 Å². The molecule has 3 heterocycles. The SMILES string of the molecule is Cc1ccc(C)c(Cn2nc3n(Cc4ccc(Cl)cc4)c(=O)c4sccc4n3c2=O)c1. The van der Waals surface area contributed by atoms with Gasteiger partial charge in [0.1, 0.15) is 4.70 Å². The number of nitrogens with zero attached hydrogens (tertiary/aromatic N) is 4. The molecule has 0 fully saturated rings. The molecule has 0 aliphatic carbocycles. The zero-order valence-electron chi connectivity index (χ0n) is 17.0. The lowest BCUT2D eigenvalue weighted by atomic mass is 10.1. The van der Waals surface area contributed by atoms with Crippen molar-refractivity contribution in [3.05, 3.63) is 102 Å². The Hall–Kier alpha value is -3.16. The van der Waals surface area contributed by atoms with E-state index in [-0.39, 0.29) is 11.2 Å². The first-order chi connectivity index (χ1) is 14.9. The minimum absolute atomic E-state index is 0.156. The molecule has 5 aromatic rings. The van der Waals surface area contributed by atoms with Crippen LogP contribution in [-0.2, 0) is 13.1 Å². The molecule has 0 aliphatic rings. The molecule has 0 spiro atoms. The maximum atomic E-state index is 13.3. The van der Waals surface area contributed by atoms with Crippen molar-refractivity contribution in [2.75, 3.05) is 0 Å². The van der Waals surface area contributed by atoms with Crippen molar-refractivity contribution in [3.8, 4) is 0 Å². The first-order valence-electron chi connectivity index (χ1n) is 9.82. The largest absolute Gasteiger partial charge is 0.352 e. The Morgan fingerprint density at radius 1 is 1.00 bits per heavy atom. The van der Waals surface area contributed by atoms with E-state index in [1.807, 2.05) is 43.5 Å². The van der Waals surface area contributed by atoms with Crippen LogP contribution in [0.1, 0.15) is 22.3 Å². The molecule has 3 aromatic heterocycles. The van der Waals surface area contributed by atoms with Crippen LogP contribution in [0.2, 0.25) is 5.02 Å². The molecule has 0 amide bonds. The van der Waals surface area contributed by atoms with E-state index in [4.69, 9.17) is 11.6 Å². The normalized spacial score (nSPS) is 11.6. The lowest BCUT2D eigenvalue weighted by molar-refractivity contribution is 0.652. The smallest absolute Gasteiger partial charge is 0.271 e. The summed E-state index contributed by atoms with van der Waals surface area (Å²) < 4.78 is 5.07. The summed E-state index contributed by atoms with van der Waals surface area (Å²) in [4.78, 5) is 26.6. The third kappa shape index (κ3) is 3.40. The van der Waals surface area contributed by atoms with Crippen LogP contribution in [0.4, 0.5) is 0 Å². The summed E-state index contributed by atoms with van der Waals surface area (Å²) in [5.74, 6) is 0.334. The van der Waals surface area contributed by atoms with Crippen molar-refractivity contribution in [1.82, 2.24) is 18.7 Å². The molecular weight excluding hydrogens is 432 g/mol. The molecule has 0 aliphatic heterocycles. The van der Waals surface area contributed by atoms with Gasteiger partial charge in [0.25, 0.3) is 5.56 Å². The van der Waals surface area contributed by atoms with E-state index in [1.54, 1.807) is 22.8 Å². The molecule has 156 valence electrons. The summed E-state index contributed by atoms with van der Waals surface area (Å²) in [5, 5.41) is 7.05. The maximum absolute atomic E-state index is 13.3. The van der Waals surface area contributed by atoms with Crippen molar-refractivity contribution < 1.29 is 0 Å². The van der Waals surface area contributed by atoms with Crippen molar-refractivity contribution in [2.45, 2.75) is 26.9 Å². The highest BCUT2D eigenvalue weighted by molar-refractivity contribution is 7.17. The molecule has 2 aromatic carbocycles. The summed E-state index contributed by atoms with van der Waals surface area (Å²) in [6.45, 7) is 4.68. The molecule has 0 radical (unpaired) electrons. The quantitative estimate of drug-likeness (QED) is 0.411. The van der Waals surface area contributed by atoms with Crippen LogP contribution in [0, 0.1) is 13.8 Å². The average molecular weight is 451 g/mol. The number of benzene rings is 2. The van der Waals surface area contributed by atoms with Gasteiger partial charge in [-0.2, -0.15) is 0 Å². The molecule has 0 saturated carbocycles. The number of thiophene rings is 1. The Kier molecular flexibility index (Phi) is 4.79. The van der Waals surface area contributed by atoms with Crippen molar-refractivity contribution in [1.29, 1.82) is 0 Å².